The monoisotopic (exact) mass is 295 g/mol. The normalized spacial score (nSPS) is 17.8. The van der Waals surface area contributed by atoms with E-state index >= 15 is 0 Å². The van der Waals surface area contributed by atoms with E-state index in [9.17, 15) is 5.11 Å². The first-order chi connectivity index (χ1) is 7.59. The van der Waals surface area contributed by atoms with Crippen LogP contribution in [0.15, 0.2) is 12.1 Å². The molecule has 1 saturated carbocycles. The fourth-order valence-electron chi connectivity index (χ4n) is 2.41. The summed E-state index contributed by atoms with van der Waals surface area (Å²) >= 11 is 11.8. The van der Waals surface area contributed by atoms with E-state index in [1.54, 1.807) is 6.07 Å². The predicted molar refractivity (Wildman–Crippen MR) is 74.3 cm³/mol. The number of hydrogen-bond acceptors (Lipinski definition) is 2. The molecule has 1 atom stereocenters. The molecule has 1 aromatic rings. The maximum Gasteiger partial charge on any atom is 0.139 e. The number of aromatic hydroxyl groups is 1. The predicted octanol–water partition coefficient (Wildman–Crippen LogP) is 4.31. The molecule has 0 spiro atoms. The zero-order chi connectivity index (χ0) is 11.7. The Morgan fingerprint density at radius 1 is 1.24 bits per heavy atom. The molecule has 1 aliphatic carbocycles. The van der Waals surface area contributed by atoms with Crippen LogP contribution in [0.5, 0.6) is 5.75 Å². The summed E-state index contributed by atoms with van der Waals surface area (Å²) in [5.41, 5.74) is 6.83. The summed E-state index contributed by atoms with van der Waals surface area (Å²) in [5, 5.41) is 10.7. The summed E-state index contributed by atoms with van der Waals surface area (Å²) in [6.45, 7) is 0. The fourth-order valence-corrected chi connectivity index (χ4v) is 2.92. The first kappa shape index (κ1) is 14.9. The number of phenolic OH excluding ortho intramolecular Hbond substituents is 1. The SMILES string of the molecule is Cl.N[C@@H](c1cc(Cl)cc(Cl)c1O)C1CCCC1. The van der Waals surface area contributed by atoms with Gasteiger partial charge in [-0.3, -0.25) is 0 Å². The van der Waals surface area contributed by atoms with Gasteiger partial charge in [0.2, 0.25) is 0 Å². The minimum Gasteiger partial charge on any atom is -0.506 e. The second kappa shape index (κ2) is 6.14. The number of nitrogens with two attached hydrogens (primary N) is 1. The van der Waals surface area contributed by atoms with Crippen LogP contribution in [0.2, 0.25) is 10.0 Å². The van der Waals surface area contributed by atoms with Gasteiger partial charge in [-0.25, -0.2) is 0 Å². The second-order valence-electron chi connectivity index (χ2n) is 4.40. The Bertz CT molecular complexity index is 392. The van der Waals surface area contributed by atoms with Gasteiger partial charge in [0.25, 0.3) is 0 Å². The highest BCUT2D eigenvalue weighted by molar-refractivity contribution is 6.35. The summed E-state index contributed by atoms with van der Waals surface area (Å²) in [5.74, 6) is 0.505. The standard InChI is InChI=1S/C12H15Cl2NO.ClH/c13-8-5-9(12(16)10(14)6-8)11(15)7-3-1-2-4-7;/h5-7,11,16H,1-4,15H2;1H/t11-;/m1./s1. The minimum atomic E-state index is -0.168. The van der Waals surface area contributed by atoms with Crippen molar-refractivity contribution >= 4 is 35.6 Å². The highest BCUT2D eigenvalue weighted by Crippen LogP contribution is 2.40. The molecule has 96 valence electrons. The third kappa shape index (κ3) is 3.19. The highest BCUT2D eigenvalue weighted by Gasteiger charge is 2.26. The molecule has 2 rings (SSSR count). The first-order valence-electron chi connectivity index (χ1n) is 5.53. The Kier molecular flexibility index (Phi) is 5.39. The summed E-state index contributed by atoms with van der Waals surface area (Å²) in [6.07, 6.45) is 4.66. The van der Waals surface area contributed by atoms with Crippen molar-refractivity contribution < 1.29 is 5.11 Å². The van der Waals surface area contributed by atoms with Gasteiger partial charge in [0.1, 0.15) is 5.75 Å². The maximum atomic E-state index is 9.88. The molecule has 0 saturated heterocycles. The number of benzene rings is 1. The maximum absolute atomic E-state index is 9.88. The summed E-state index contributed by atoms with van der Waals surface area (Å²) < 4.78 is 0. The fraction of sp³-hybridized carbons (Fsp3) is 0.500. The Balaban J connectivity index is 0.00000144. The highest BCUT2D eigenvalue weighted by atomic mass is 35.5. The molecule has 1 aromatic carbocycles. The molecule has 1 fully saturated rings. The lowest BCUT2D eigenvalue weighted by Gasteiger charge is -2.20. The van der Waals surface area contributed by atoms with E-state index in [1.807, 2.05) is 0 Å². The molecule has 5 heteroatoms. The van der Waals surface area contributed by atoms with Gasteiger partial charge in [0, 0.05) is 16.6 Å². The molecule has 3 N–H and O–H groups in total. The van der Waals surface area contributed by atoms with E-state index in [1.165, 1.54) is 18.9 Å². The van der Waals surface area contributed by atoms with Crippen molar-refractivity contribution in [2.45, 2.75) is 31.7 Å². The molecule has 0 aliphatic heterocycles. The summed E-state index contributed by atoms with van der Waals surface area (Å²) in [7, 11) is 0. The van der Waals surface area contributed by atoms with Crippen molar-refractivity contribution in [3.63, 3.8) is 0 Å². The summed E-state index contributed by atoms with van der Waals surface area (Å²) in [4.78, 5) is 0. The van der Waals surface area contributed by atoms with Crippen LogP contribution in [0.4, 0.5) is 0 Å². The van der Waals surface area contributed by atoms with Gasteiger partial charge >= 0.3 is 0 Å². The van der Waals surface area contributed by atoms with Gasteiger partial charge in [-0.05, 0) is 30.9 Å². The molecule has 0 aromatic heterocycles. The van der Waals surface area contributed by atoms with Crippen LogP contribution in [0.1, 0.15) is 37.3 Å². The van der Waals surface area contributed by atoms with Gasteiger partial charge < -0.3 is 10.8 Å². The molecule has 2 nitrogen and oxygen atoms in total. The average Bonchev–Trinajstić information content (AvgIpc) is 2.75. The molecule has 0 radical (unpaired) electrons. The third-order valence-corrected chi connectivity index (χ3v) is 3.83. The van der Waals surface area contributed by atoms with E-state index in [0.29, 0.717) is 16.5 Å². The third-order valence-electron chi connectivity index (χ3n) is 3.32. The van der Waals surface area contributed by atoms with Crippen molar-refractivity contribution in [2.75, 3.05) is 0 Å². The largest absolute Gasteiger partial charge is 0.506 e. The van der Waals surface area contributed by atoms with Crippen LogP contribution in [-0.2, 0) is 0 Å². The Labute approximate surface area is 118 Å². The number of phenols is 1. The lowest BCUT2D eigenvalue weighted by atomic mass is 9.92. The van der Waals surface area contributed by atoms with Gasteiger partial charge in [-0.1, -0.05) is 36.0 Å². The average molecular weight is 297 g/mol. The quantitative estimate of drug-likeness (QED) is 0.854. The number of hydrogen-bond donors (Lipinski definition) is 2. The van der Waals surface area contributed by atoms with Gasteiger partial charge in [0.05, 0.1) is 5.02 Å². The van der Waals surface area contributed by atoms with Crippen molar-refractivity contribution in [2.24, 2.45) is 11.7 Å². The van der Waals surface area contributed by atoms with Crippen molar-refractivity contribution in [1.82, 2.24) is 0 Å². The Morgan fingerprint density at radius 2 is 1.82 bits per heavy atom. The van der Waals surface area contributed by atoms with E-state index in [4.69, 9.17) is 28.9 Å². The molecular weight excluding hydrogens is 280 g/mol. The van der Waals surface area contributed by atoms with Crippen LogP contribution in [0.25, 0.3) is 0 Å². The number of halogens is 3. The van der Waals surface area contributed by atoms with Gasteiger partial charge in [0.15, 0.2) is 0 Å². The van der Waals surface area contributed by atoms with E-state index in [0.717, 1.165) is 12.8 Å². The van der Waals surface area contributed by atoms with Crippen LogP contribution in [-0.4, -0.2) is 5.11 Å². The molecule has 0 bridgehead atoms. The number of rotatable bonds is 2. The minimum absolute atomic E-state index is 0. The van der Waals surface area contributed by atoms with Gasteiger partial charge in [-0.2, -0.15) is 0 Å². The molecule has 1 aliphatic rings. The zero-order valence-electron chi connectivity index (χ0n) is 9.33. The topological polar surface area (TPSA) is 46.2 Å². The lowest BCUT2D eigenvalue weighted by molar-refractivity contribution is 0.412. The van der Waals surface area contributed by atoms with Crippen LogP contribution in [0, 0.1) is 5.92 Å². The van der Waals surface area contributed by atoms with Crippen LogP contribution >= 0.6 is 35.6 Å². The second-order valence-corrected chi connectivity index (χ2v) is 5.24. The smallest absolute Gasteiger partial charge is 0.139 e. The Morgan fingerprint density at radius 3 is 2.41 bits per heavy atom. The van der Waals surface area contributed by atoms with Crippen LogP contribution < -0.4 is 5.73 Å². The molecule has 0 unspecified atom stereocenters. The van der Waals surface area contributed by atoms with Crippen LogP contribution in [0.3, 0.4) is 0 Å². The van der Waals surface area contributed by atoms with Crippen molar-refractivity contribution in [3.05, 3.63) is 27.7 Å². The van der Waals surface area contributed by atoms with Crippen molar-refractivity contribution in [1.29, 1.82) is 0 Å². The van der Waals surface area contributed by atoms with E-state index in [-0.39, 0.29) is 29.2 Å². The molecular formula is C12H16Cl3NO. The Hall–Kier alpha value is -0.150. The molecule has 17 heavy (non-hydrogen) atoms. The van der Waals surface area contributed by atoms with E-state index in [2.05, 4.69) is 0 Å². The van der Waals surface area contributed by atoms with Gasteiger partial charge in [-0.15, -0.1) is 12.4 Å². The molecule has 0 amide bonds. The van der Waals surface area contributed by atoms with E-state index < -0.39 is 0 Å². The molecule has 0 heterocycles. The lowest BCUT2D eigenvalue weighted by Crippen LogP contribution is -2.19. The van der Waals surface area contributed by atoms with Crippen molar-refractivity contribution in [3.8, 4) is 5.75 Å². The summed E-state index contributed by atoms with van der Waals surface area (Å²) in [6, 6.07) is 3.08. The zero-order valence-corrected chi connectivity index (χ0v) is 11.7. The first-order valence-corrected chi connectivity index (χ1v) is 6.28.